The number of hydrogen-bond acceptors (Lipinski definition) is 2. The fourth-order valence-electron chi connectivity index (χ4n) is 1.19. The van der Waals surface area contributed by atoms with Crippen LogP contribution >= 0.6 is 15.9 Å². The summed E-state index contributed by atoms with van der Waals surface area (Å²) in [6.45, 7) is 4.07. The Labute approximate surface area is 86.3 Å². The standard InChI is InChI=1S/C10H10BrNO/c1-7-5-8(2)10(9(11)6-7)13-4-3-12/h5-6H,4H2,1-2H3. The van der Waals surface area contributed by atoms with E-state index in [0.29, 0.717) is 0 Å². The summed E-state index contributed by atoms with van der Waals surface area (Å²) in [7, 11) is 0. The number of aryl methyl sites for hydroxylation is 2. The molecule has 2 nitrogen and oxygen atoms in total. The summed E-state index contributed by atoms with van der Waals surface area (Å²) in [6, 6.07) is 5.94. The van der Waals surface area contributed by atoms with Gasteiger partial charge in [0.1, 0.15) is 11.8 Å². The summed E-state index contributed by atoms with van der Waals surface area (Å²) in [5.74, 6) is 0.757. The molecule has 0 aromatic heterocycles. The molecule has 1 aromatic rings. The van der Waals surface area contributed by atoms with Gasteiger partial charge in [0.25, 0.3) is 0 Å². The number of nitrogens with zero attached hydrogens (tertiary/aromatic N) is 1. The van der Waals surface area contributed by atoms with E-state index in [2.05, 4.69) is 15.9 Å². The van der Waals surface area contributed by atoms with Gasteiger partial charge in [-0.3, -0.25) is 0 Å². The third-order valence-corrected chi connectivity index (χ3v) is 2.24. The summed E-state index contributed by atoms with van der Waals surface area (Å²) in [5.41, 5.74) is 2.22. The Morgan fingerprint density at radius 3 is 2.69 bits per heavy atom. The second-order valence-corrected chi connectivity index (χ2v) is 3.69. The van der Waals surface area contributed by atoms with Crippen molar-refractivity contribution in [3.8, 4) is 11.8 Å². The highest BCUT2D eigenvalue weighted by Crippen LogP contribution is 2.29. The predicted octanol–water partition coefficient (Wildman–Crippen LogP) is 2.97. The molecule has 0 unspecified atom stereocenters. The van der Waals surface area contributed by atoms with Crippen LogP contribution < -0.4 is 4.74 Å². The molecule has 0 amide bonds. The molecular formula is C10H10BrNO. The van der Waals surface area contributed by atoms with Crippen LogP contribution in [0.25, 0.3) is 0 Å². The Kier molecular flexibility index (Phi) is 3.32. The molecule has 0 saturated carbocycles. The van der Waals surface area contributed by atoms with E-state index in [1.54, 1.807) is 0 Å². The minimum absolute atomic E-state index is 0.0858. The third kappa shape index (κ3) is 2.46. The molecule has 1 rings (SSSR count). The number of rotatable bonds is 2. The van der Waals surface area contributed by atoms with Gasteiger partial charge in [-0.15, -0.1) is 0 Å². The molecule has 3 heteroatoms. The Bertz CT molecular complexity index is 331. The molecule has 0 saturated heterocycles. The van der Waals surface area contributed by atoms with Crippen LogP contribution in [0.4, 0.5) is 0 Å². The molecule has 0 radical (unpaired) electrons. The first-order valence-electron chi connectivity index (χ1n) is 3.91. The Morgan fingerprint density at radius 2 is 2.15 bits per heavy atom. The topological polar surface area (TPSA) is 33.0 Å². The number of nitriles is 1. The third-order valence-electron chi connectivity index (χ3n) is 1.65. The quantitative estimate of drug-likeness (QED) is 0.796. The van der Waals surface area contributed by atoms with E-state index in [-0.39, 0.29) is 6.61 Å². The highest BCUT2D eigenvalue weighted by atomic mass is 79.9. The molecule has 0 bridgehead atoms. The van der Waals surface area contributed by atoms with Gasteiger partial charge in [0.15, 0.2) is 6.61 Å². The molecule has 13 heavy (non-hydrogen) atoms. The molecule has 0 aliphatic rings. The van der Waals surface area contributed by atoms with Gasteiger partial charge in [-0.2, -0.15) is 5.26 Å². The summed E-state index contributed by atoms with van der Waals surface area (Å²) in [4.78, 5) is 0. The van der Waals surface area contributed by atoms with Crippen molar-refractivity contribution in [2.45, 2.75) is 13.8 Å². The van der Waals surface area contributed by atoms with Crippen molar-refractivity contribution in [3.63, 3.8) is 0 Å². The lowest BCUT2D eigenvalue weighted by Crippen LogP contribution is -1.97. The maximum atomic E-state index is 8.37. The molecule has 1 aromatic carbocycles. The van der Waals surface area contributed by atoms with Gasteiger partial charge in [0, 0.05) is 0 Å². The Balaban J connectivity index is 3.00. The van der Waals surface area contributed by atoms with Crippen molar-refractivity contribution in [2.24, 2.45) is 0 Å². The van der Waals surface area contributed by atoms with E-state index in [0.717, 1.165) is 15.8 Å². The zero-order chi connectivity index (χ0) is 9.84. The molecule has 0 atom stereocenters. The van der Waals surface area contributed by atoms with E-state index in [9.17, 15) is 0 Å². The van der Waals surface area contributed by atoms with Crippen LogP contribution in [0.1, 0.15) is 11.1 Å². The molecule has 0 aliphatic carbocycles. The van der Waals surface area contributed by atoms with Crippen LogP contribution in [-0.4, -0.2) is 6.61 Å². The Morgan fingerprint density at radius 1 is 1.46 bits per heavy atom. The van der Waals surface area contributed by atoms with Crippen LogP contribution in [0, 0.1) is 25.2 Å². The minimum Gasteiger partial charge on any atom is -0.477 e. The van der Waals surface area contributed by atoms with Crippen molar-refractivity contribution in [2.75, 3.05) is 6.61 Å². The van der Waals surface area contributed by atoms with Gasteiger partial charge in [0.2, 0.25) is 0 Å². The second kappa shape index (κ2) is 4.29. The van der Waals surface area contributed by atoms with Crippen molar-refractivity contribution in [1.82, 2.24) is 0 Å². The summed E-state index contributed by atoms with van der Waals surface area (Å²) in [5, 5.41) is 8.37. The zero-order valence-corrected chi connectivity index (χ0v) is 9.18. The number of halogens is 1. The van der Waals surface area contributed by atoms with E-state index in [4.69, 9.17) is 10.00 Å². The zero-order valence-electron chi connectivity index (χ0n) is 7.60. The maximum absolute atomic E-state index is 8.37. The average Bonchev–Trinajstić information content (AvgIpc) is 2.02. The number of benzene rings is 1. The lowest BCUT2D eigenvalue weighted by molar-refractivity contribution is 0.363. The molecule has 0 aliphatic heterocycles. The molecular weight excluding hydrogens is 230 g/mol. The van der Waals surface area contributed by atoms with Gasteiger partial charge >= 0.3 is 0 Å². The van der Waals surface area contributed by atoms with Gasteiger partial charge in [-0.1, -0.05) is 6.07 Å². The summed E-state index contributed by atoms with van der Waals surface area (Å²) in [6.07, 6.45) is 0. The average molecular weight is 240 g/mol. The first kappa shape index (κ1) is 10.1. The molecule has 68 valence electrons. The van der Waals surface area contributed by atoms with Gasteiger partial charge in [-0.25, -0.2) is 0 Å². The molecule has 0 fully saturated rings. The van der Waals surface area contributed by atoms with E-state index in [1.165, 1.54) is 5.56 Å². The second-order valence-electron chi connectivity index (χ2n) is 2.84. The lowest BCUT2D eigenvalue weighted by atomic mass is 10.1. The number of hydrogen-bond donors (Lipinski definition) is 0. The van der Waals surface area contributed by atoms with Crippen LogP contribution in [0.3, 0.4) is 0 Å². The van der Waals surface area contributed by atoms with Crippen LogP contribution in [0.2, 0.25) is 0 Å². The number of ether oxygens (including phenoxy) is 1. The van der Waals surface area contributed by atoms with Crippen molar-refractivity contribution < 1.29 is 4.74 Å². The first-order chi connectivity index (χ1) is 6.15. The largest absolute Gasteiger partial charge is 0.477 e. The fraction of sp³-hybridized carbons (Fsp3) is 0.300. The predicted molar refractivity (Wildman–Crippen MR) is 54.7 cm³/mol. The van der Waals surface area contributed by atoms with Crippen molar-refractivity contribution in [3.05, 3.63) is 27.7 Å². The minimum atomic E-state index is 0.0858. The van der Waals surface area contributed by atoms with Crippen molar-refractivity contribution in [1.29, 1.82) is 5.26 Å². The lowest BCUT2D eigenvalue weighted by Gasteiger charge is -2.08. The molecule has 0 heterocycles. The normalized spacial score (nSPS) is 9.38. The Hall–Kier alpha value is -1.01. The van der Waals surface area contributed by atoms with Gasteiger partial charge < -0.3 is 4.74 Å². The van der Waals surface area contributed by atoms with Crippen LogP contribution in [0.5, 0.6) is 5.75 Å². The molecule has 0 spiro atoms. The maximum Gasteiger partial charge on any atom is 0.174 e. The van der Waals surface area contributed by atoms with Gasteiger partial charge in [-0.05, 0) is 47.0 Å². The van der Waals surface area contributed by atoms with E-state index >= 15 is 0 Å². The fourth-order valence-corrected chi connectivity index (χ4v) is 1.98. The van der Waals surface area contributed by atoms with Gasteiger partial charge in [0.05, 0.1) is 4.47 Å². The first-order valence-corrected chi connectivity index (χ1v) is 4.71. The van der Waals surface area contributed by atoms with E-state index in [1.807, 2.05) is 32.0 Å². The summed E-state index contributed by atoms with van der Waals surface area (Å²) >= 11 is 3.39. The summed E-state index contributed by atoms with van der Waals surface area (Å²) < 4.78 is 6.17. The SMILES string of the molecule is Cc1cc(C)c(OCC#N)c(Br)c1. The van der Waals surface area contributed by atoms with Crippen LogP contribution in [-0.2, 0) is 0 Å². The highest BCUT2D eigenvalue weighted by Gasteiger charge is 2.05. The smallest absolute Gasteiger partial charge is 0.174 e. The molecule has 0 N–H and O–H groups in total. The van der Waals surface area contributed by atoms with E-state index < -0.39 is 0 Å². The monoisotopic (exact) mass is 239 g/mol. The van der Waals surface area contributed by atoms with Crippen molar-refractivity contribution >= 4 is 15.9 Å². The van der Waals surface area contributed by atoms with Crippen LogP contribution in [0.15, 0.2) is 16.6 Å². The highest BCUT2D eigenvalue weighted by molar-refractivity contribution is 9.10.